The van der Waals surface area contributed by atoms with Crippen molar-refractivity contribution in [2.45, 2.75) is 89.9 Å². The highest BCUT2D eigenvalue weighted by Gasteiger charge is 2.31. The summed E-state index contributed by atoms with van der Waals surface area (Å²) in [6.45, 7) is 6.59. The molecule has 0 radical (unpaired) electrons. The maximum Gasteiger partial charge on any atom is 0.408 e. The van der Waals surface area contributed by atoms with Gasteiger partial charge in [0.2, 0.25) is 17.7 Å². The van der Waals surface area contributed by atoms with Gasteiger partial charge in [0.15, 0.2) is 0 Å². The number of rotatable bonds is 12. The predicted octanol–water partition coefficient (Wildman–Crippen LogP) is 3.18. The number of hydrogen-bond donors (Lipinski definition) is 5. The first-order valence-corrected chi connectivity index (χ1v) is 15.3. The Labute approximate surface area is 269 Å². The zero-order valence-electron chi connectivity index (χ0n) is 27.0. The van der Waals surface area contributed by atoms with Crippen LogP contribution < -0.4 is 21.3 Å². The van der Waals surface area contributed by atoms with E-state index in [-0.39, 0.29) is 18.6 Å². The zero-order chi connectivity index (χ0) is 33.9. The molecule has 0 bridgehead atoms. The Kier molecular flexibility index (Phi) is 12.7. The lowest BCUT2D eigenvalue weighted by molar-refractivity contribution is -0.136. The van der Waals surface area contributed by atoms with Crippen molar-refractivity contribution in [2.75, 3.05) is 7.11 Å². The molecule has 0 aliphatic heterocycles. The Morgan fingerprint density at radius 1 is 0.783 bits per heavy atom. The van der Waals surface area contributed by atoms with Crippen molar-refractivity contribution in [1.82, 2.24) is 21.3 Å². The van der Waals surface area contributed by atoms with Gasteiger partial charge in [-0.05, 0) is 76.6 Å². The molecule has 0 saturated carbocycles. The van der Waals surface area contributed by atoms with Gasteiger partial charge in [-0.1, -0.05) is 42.5 Å². The maximum atomic E-state index is 13.7. The number of phenols is 1. The molecule has 2 aromatic rings. The number of carbonyl (C=O) groups excluding carboxylic acids is 5. The molecular formula is C34H44N4O8. The Bertz CT molecular complexity index is 1420. The minimum Gasteiger partial charge on any atom is -0.508 e. The molecule has 12 nitrogen and oxygen atoms in total. The van der Waals surface area contributed by atoms with Crippen LogP contribution in [0.15, 0.2) is 65.9 Å². The molecule has 46 heavy (non-hydrogen) atoms. The molecule has 5 N–H and O–H groups in total. The quantitative estimate of drug-likeness (QED) is 0.221. The van der Waals surface area contributed by atoms with Gasteiger partial charge in [0.25, 0.3) is 0 Å². The number of phenolic OH excluding ortho intramolecular Hbond substituents is 1. The van der Waals surface area contributed by atoms with Crippen LogP contribution in [0.1, 0.15) is 64.5 Å². The molecule has 248 valence electrons. The van der Waals surface area contributed by atoms with Gasteiger partial charge >= 0.3 is 12.1 Å². The molecule has 0 fully saturated rings. The molecule has 3 atom stereocenters. The molecule has 0 saturated heterocycles. The second kappa shape index (κ2) is 16.4. The molecule has 4 amide bonds. The van der Waals surface area contributed by atoms with E-state index in [0.29, 0.717) is 29.7 Å². The largest absolute Gasteiger partial charge is 0.508 e. The highest BCUT2D eigenvalue weighted by molar-refractivity contribution is 5.95. The topological polar surface area (TPSA) is 172 Å². The van der Waals surface area contributed by atoms with Gasteiger partial charge in [-0.15, -0.1) is 0 Å². The van der Waals surface area contributed by atoms with Crippen LogP contribution in [-0.2, 0) is 41.5 Å². The third-order valence-corrected chi connectivity index (χ3v) is 7.23. The third-order valence-electron chi connectivity index (χ3n) is 7.23. The molecule has 0 aromatic heterocycles. The van der Waals surface area contributed by atoms with Crippen molar-refractivity contribution < 1.29 is 38.6 Å². The second-order valence-corrected chi connectivity index (χ2v) is 12.2. The van der Waals surface area contributed by atoms with E-state index < -0.39 is 53.5 Å². The number of hydrogen-bond acceptors (Lipinski definition) is 8. The summed E-state index contributed by atoms with van der Waals surface area (Å²) < 4.78 is 10.2. The number of allylic oxidation sites excluding steroid dienone is 1. The van der Waals surface area contributed by atoms with Gasteiger partial charge in [-0.2, -0.15) is 0 Å². The van der Waals surface area contributed by atoms with Crippen LogP contribution in [0, 0.1) is 0 Å². The number of benzene rings is 2. The first-order valence-electron chi connectivity index (χ1n) is 15.3. The number of amides is 4. The molecule has 0 unspecified atom stereocenters. The third kappa shape index (κ3) is 11.2. The minimum atomic E-state index is -1.14. The standard InChI is InChI=1S/C34H44N4O8/c1-21(29(40)36-26-14-10-9-13-25(26)32(43)45-5)35-30(41)27(19-22-11-7-6-8-12-22)37-31(42)28(38-33(44)46-34(2,3)4)20-23-15-17-24(39)18-16-23/h6-8,11-12,15-18,21,27-28,39H,9-10,13-14,19-20H2,1-5H3,(H,35,41)(H,36,40)(H,37,42)(H,38,44)/t21-,27-,28-/m1/s1. The summed E-state index contributed by atoms with van der Waals surface area (Å²) in [6, 6.07) is 11.9. The zero-order valence-corrected chi connectivity index (χ0v) is 27.0. The van der Waals surface area contributed by atoms with Crippen molar-refractivity contribution >= 4 is 29.8 Å². The Morgan fingerprint density at radius 2 is 1.35 bits per heavy atom. The molecule has 1 aliphatic carbocycles. The summed E-state index contributed by atoms with van der Waals surface area (Å²) in [5, 5.41) is 20.5. The van der Waals surface area contributed by atoms with E-state index in [4.69, 9.17) is 9.47 Å². The number of ether oxygens (including phenoxy) is 2. The Morgan fingerprint density at radius 3 is 1.96 bits per heavy atom. The van der Waals surface area contributed by atoms with Gasteiger partial charge in [0.05, 0.1) is 12.7 Å². The lowest BCUT2D eigenvalue weighted by Crippen LogP contribution is -2.57. The summed E-state index contributed by atoms with van der Waals surface area (Å²) >= 11 is 0. The van der Waals surface area contributed by atoms with E-state index in [2.05, 4.69) is 21.3 Å². The van der Waals surface area contributed by atoms with E-state index in [1.807, 2.05) is 6.07 Å². The number of alkyl carbamates (subject to hydrolysis) is 1. The van der Waals surface area contributed by atoms with Crippen molar-refractivity contribution in [3.05, 3.63) is 77.0 Å². The predicted molar refractivity (Wildman–Crippen MR) is 170 cm³/mol. The fraction of sp³-hybridized carbons (Fsp3) is 0.441. The van der Waals surface area contributed by atoms with Gasteiger partial charge in [0.1, 0.15) is 29.5 Å². The van der Waals surface area contributed by atoms with Crippen molar-refractivity contribution in [3.8, 4) is 5.75 Å². The van der Waals surface area contributed by atoms with Gasteiger partial charge in [-0.25, -0.2) is 9.59 Å². The van der Waals surface area contributed by atoms with E-state index in [1.54, 1.807) is 57.2 Å². The SMILES string of the molecule is COC(=O)C1=C(NC(=O)[C@@H](C)NC(=O)[C@@H](Cc2ccccc2)NC(=O)[C@@H](Cc2ccc(O)cc2)NC(=O)OC(C)(C)C)CCCC1. The maximum absolute atomic E-state index is 13.7. The van der Waals surface area contributed by atoms with Crippen LogP contribution in [-0.4, -0.2) is 65.7 Å². The first-order chi connectivity index (χ1) is 21.8. The Balaban J connectivity index is 1.80. The van der Waals surface area contributed by atoms with Crippen LogP contribution in [0.3, 0.4) is 0 Å². The molecule has 12 heteroatoms. The fourth-order valence-corrected chi connectivity index (χ4v) is 4.89. The van der Waals surface area contributed by atoms with E-state index >= 15 is 0 Å². The van der Waals surface area contributed by atoms with Crippen molar-refractivity contribution in [1.29, 1.82) is 0 Å². The van der Waals surface area contributed by atoms with E-state index in [9.17, 15) is 29.1 Å². The molecule has 0 heterocycles. The monoisotopic (exact) mass is 636 g/mol. The minimum absolute atomic E-state index is 0.0431. The van der Waals surface area contributed by atoms with Crippen molar-refractivity contribution in [2.24, 2.45) is 0 Å². The van der Waals surface area contributed by atoms with Crippen LogP contribution >= 0.6 is 0 Å². The van der Waals surface area contributed by atoms with Gasteiger partial charge in [0, 0.05) is 18.5 Å². The number of nitrogens with one attached hydrogen (secondary N) is 4. The number of methoxy groups -OCH3 is 1. The molecule has 2 aromatic carbocycles. The molecular weight excluding hydrogens is 592 g/mol. The number of esters is 1. The van der Waals surface area contributed by atoms with Crippen LogP contribution in [0.2, 0.25) is 0 Å². The molecule has 3 rings (SSSR count). The number of carbonyl (C=O) groups is 5. The lowest BCUT2D eigenvalue weighted by atomic mass is 9.96. The van der Waals surface area contributed by atoms with Crippen molar-refractivity contribution in [3.63, 3.8) is 0 Å². The lowest BCUT2D eigenvalue weighted by Gasteiger charge is -2.26. The second-order valence-electron chi connectivity index (χ2n) is 12.2. The van der Waals surface area contributed by atoms with E-state index in [0.717, 1.165) is 18.4 Å². The van der Waals surface area contributed by atoms with Gasteiger partial charge < -0.3 is 35.8 Å². The molecule has 1 aliphatic rings. The highest BCUT2D eigenvalue weighted by Crippen LogP contribution is 2.24. The fourth-order valence-electron chi connectivity index (χ4n) is 4.89. The summed E-state index contributed by atoms with van der Waals surface area (Å²) in [5.41, 5.74) is 1.47. The average Bonchev–Trinajstić information content (AvgIpc) is 3.00. The summed E-state index contributed by atoms with van der Waals surface area (Å²) in [4.78, 5) is 65.3. The summed E-state index contributed by atoms with van der Waals surface area (Å²) in [6.07, 6.45) is 1.90. The van der Waals surface area contributed by atoms with Crippen LogP contribution in [0.5, 0.6) is 5.75 Å². The number of aromatic hydroxyl groups is 1. The first kappa shape index (κ1) is 35.6. The van der Waals surface area contributed by atoms with E-state index in [1.165, 1.54) is 26.2 Å². The molecule has 0 spiro atoms. The van der Waals surface area contributed by atoms with Gasteiger partial charge in [-0.3, -0.25) is 14.4 Å². The Hall–Kier alpha value is -4.87. The summed E-state index contributed by atoms with van der Waals surface area (Å²) in [7, 11) is 1.28. The normalized spacial score (nSPS) is 15.1. The smallest absolute Gasteiger partial charge is 0.408 e. The highest BCUT2D eigenvalue weighted by atomic mass is 16.6. The average molecular weight is 637 g/mol. The van der Waals surface area contributed by atoms with Crippen LogP contribution in [0.25, 0.3) is 0 Å². The van der Waals surface area contributed by atoms with Crippen LogP contribution in [0.4, 0.5) is 4.79 Å². The summed E-state index contributed by atoms with van der Waals surface area (Å²) in [5.74, 6) is -2.25.